The van der Waals surface area contributed by atoms with Crippen LogP contribution in [0.3, 0.4) is 0 Å². The fraction of sp³-hybridized carbons (Fsp3) is 0.278. The van der Waals surface area contributed by atoms with Gasteiger partial charge in [0.2, 0.25) is 0 Å². The lowest BCUT2D eigenvalue weighted by molar-refractivity contribution is 0.101. The maximum atomic E-state index is 11.9. The molecule has 0 amide bonds. The Bertz CT molecular complexity index is 725. The molecule has 0 heterocycles. The molecule has 0 fully saturated rings. The molecule has 23 heavy (non-hydrogen) atoms. The number of Topliss-reactive ketones (excluding diaryl/α,β-unsaturated/α-hetero) is 1. The van der Waals surface area contributed by atoms with E-state index >= 15 is 0 Å². The fourth-order valence-electron chi connectivity index (χ4n) is 2.45. The average molecular weight is 315 g/mol. The molecule has 0 aromatic heterocycles. The standard InChI is InChI=1S/C18H21NO4/c1-11-16(22-4)10-13(12(2)20)18(23-5)17(11)19-14-8-6-7-9-15(14)21-3/h6-10,19H,1-5H3. The number of para-hydroxylation sites is 2. The second kappa shape index (κ2) is 7.05. The molecule has 0 saturated heterocycles. The molecule has 0 aliphatic carbocycles. The van der Waals surface area contributed by atoms with Crippen LogP contribution in [0, 0.1) is 6.92 Å². The highest BCUT2D eigenvalue weighted by Crippen LogP contribution is 2.41. The van der Waals surface area contributed by atoms with Crippen molar-refractivity contribution in [1.29, 1.82) is 0 Å². The Morgan fingerprint density at radius 3 is 2.22 bits per heavy atom. The number of anilines is 2. The van der Waals surface area contributed by atoms with Gasteiger partial charge in [0, 0.05) is 5.56 Å². The predicted molar refractivity (Wildman–Crippen MR) is 90.6 cm³/mol. The Balaban J connectivity index is 2.64. The van der Waals surface area contributed by atoms with Crippen LogP contribution in [0.5, 0.6) is 17.2 Å². The molecule has 0 spiro atoms. The number of carbonyl (C=O) groups excluding carboxylic acids is 1. The van der Waals surface area contributed by atoms with Gasteiger partial charge in [-0.3, -0.25) is 4.79 Å². The van der Waals surface area contributed by atoms with Gasteiger partial charge >= 0.3 is 0 Å². The number of nitrogens with one attached hydrogen (secondary N) is 1. The van der Waals surface area contributed by atoms with Gasteiger partial charge in [0.1, 0.15) is 11.5 Å². The Morgan fingerprint density at radius 1 is 1.00 bits per heavy atom. The summed E-state index contributed by atoms with van der Waals surface area (Å²) in [6.07, 6.45) is 0. The Labute approximate surface area is 136 Å². The van der Waals surface area contributed by atoms with Crippen LogP contribution >= 0.6 is 0 Å². The minimum absolute atomic E-state index is 0.0942. The molecule has 0 unspecified atom stereocenters. The van der Waals surface area contributed by atoms with Gasteiger partial charge in [0.15, 0.2) is 11.5 Å². The second-order valence-electron chi connectivity index (χ2n) is 5.04. The van der Waals surface area contributed by atoms with Crippen molar-refractivity contribution < 1.29 is 19.0 Å². The summed E-state index contributed by atoms with van der Waals surface area (Å²) in [6.45, 7) is 3.41. The van der Waals surface area contributed by atoms with E-state index in [0.717, 1.165) is 11.3 Å². The SMILES string of the molecule is COc1ccccc1Nc1c(C)c(OC)cc(C(C)=O)c1OC. The van der Waals surface area contributed by atoms with Crippen molar-refractivity contribution in [2.45, 2.75) is 13.8 Å². The van der Waals surface area contributed by atoms with Crippen LogP contribution in [0.25, 0.3) is 0 Å². The first kappa shape index (κ1) is 16.7. The van der Waals surface area contributed by atoms with Crippen molar-refractivity contribution in [2.75, 3.05) is 26.6 Å². The van der Waals surface area contributed by atoms with E-state index in [1.54, 1.807) is 27.4 Å². The zero-order valence-corrected chi connectivity index (χ0v) is 14.0. The minimum Gasteiger partial charge on any atom is -0.496 e. The molecule has 0 aliphatic rings. The largest absolute Gasteiger partial charge is 0.496 e. The quantitative estimate of drug-likeness (QED) is 0.818. The molecule has 2 rings (SSSR count). The van der Waals surface area contributed by atoms with E-state index in [1.165, 1.54) is 6.92 Å². The zero-order chi connectivity index (χ0) is 17.0. The third kappa shape index (κ3) is 3.23. The van der Waals surface area contributed by atoms with Gasteiger partial charge < -0.3 is 19.5 Å². The van der Waals surface area contributed by atoms with Crippen LogP contribution in [0.15, 0.2) is 30.3 Å². The van der Waals surface area contributed by atoms with Gasteiger partial charge in [0.25, 0.3) is 0 Å². The number of carbonyl (C=O) groups is 1. The Kier molecular flexibility index (Phi) is 5.11. The van der Waals surface area contributed by atoms with E-state index in [-0.39, 0.29) is 5.78 Å². The Morgan fingerprint density at radius 2 is 1.65 bits per heavy atom. The molecule has 122 valence electrons. The first-order chi connectivity index (χ1) is 11.0. The minimum atomic E-state index is -0.0942. The fourth-order valence-corrected chi connectivity index (χ4v) is 2.45. The highest BCUT2D eigenvalue weighted by molar-refractivity contribution is 6.00. The first-order valence-corrected chi connectivity index (χ1v) is 7.20. The number of rotatable bonds is 6. The topological polar surface area (TPSA) is 56.8 Å². The first-order valence-electron chi connectivity index (χ1n) is 7.20. The van der Waals surface area contributed by atoms with Crippen LogP contribution in [-0.4, -0.2) is 27.1 Å². The summed E-state index contributed by atoms with van der Waals surface area (Å²) in [5, 5.41) is 3.30. The van der Waals surface area contributed by atoms with Gasteiger partial charge in [-0.1, -0.05) is 12.1 Å². The van der Waals surface area contributed by atoms with E-state index in [4.69, 9.17) is 14.2 Å². The average Bonchev–Trinajstić information content (AvgIpc) is 2.56. The number of ether oxygens (including phenoxy) is 3. The molecular weight excluding hydrogens is 294 g/mol. The molecule has 5 nitrogen and oxygen atoms in total. The molecule has 2 aromatic carbocycles. The van der Waals surface area contributed by atoms with Gasteiger partial charge in [-0.2, -0.15) is 0 Å². The van der Waals surface area contributed by atoms with Crippen LogP contribution in [-0.2, 0) is 0 Å². The van der Waals surface area contributed by atoms with Gasteiger partial charge in [-0.15, -0.1) is 0 Å². The molecular formula is C18H21NO4. The van der Waals surface area contributed by atoms with Crippen molar-refractivity contribution in [1.82, 2.24) is 0 Å². The summed E-state index contributed by atoms with van der Waals surface area (Å²) in [6, 6.07) is 9.24. The van der Waals surface area contributed by atoms with Crippen LogP contribution in [0.4, 0.5) is 11.4 Å². The molecule has 2 aromatic rings. The number of methoxy groups -OCH3 is 3. The lowest BCUT2D eigenvalue weighted by atomic mass is 10.0. The molecule has 0 atom stereocenters. The van der Waals surface area contributed by atoms with E-state index in [0.29, 0.717) is 28.5 Å². The predicted octanol–water partition coefficient (Wildman–Crippen LogP) is 3.97. The number of hydrogen-bond acceptors (Lipinski definition) is 5. The van der Waals surface area contributed by atoms with E-state index in [9.17, 15) is 4.79 Å². The van der Waals surface area contributed by atoms with Crippen molar-refractivity contribution in [2.24, 2.45) is 0 Å². The Hall–Kier alpha value is -2.69. The number of hydrogen-bond donors (Lipinski definition) is 1. The normalized spacial score (nSPS) is 10.1. The van der Waals surface area contributed by atoms with Crippen molar-refractivity contribution in [3.63, 3.8) is 0 Å². The van der Waals surface area contributed by atoms with Crippen LogP contribution in [0.1, 0.15) is 22.8 Å². The van der Waals surface area contributed by atoms with Gasteiger partial charge in [-0.05, 0) is 32.0 Å². The summed E-state index contributed by atoms with van der Waals surface area (Å²) in [5.74, 6) is 1.71. The molecule has 0 bridgehead atoms. The highest BCUT2D eigenvalue weighted by Gasteiger charge is 2.20. The number of ketones is 1. The van der Waals surface area contributed by atoms with E-state index < -0.39 is 0 Å². The lowest BCUT2D eigenvalue weighted by Gasteiger charge is -2.20. The van der Waals surface area contributed by atoms with Crippen LogP contribution in [0.2, 0.25) is 0 Å². The smallest absolute Gasteiger partial charge is 0.163 e. The molecule has 0 aliphatic heterocycles. The van der Waals surface area contributed by atoms with E-state index in [2.05, 4.69) is 5.32 Å². The summed E-state index contributed by atoms with van der Waals surface area (Å²) >= 11 is 0. The van der Waals surface area contributed by atoms with Crippen molar-refractivity contribution >= 4 is 17.2 Å². The summed E-state index contributed by atoms with van der Waals surface area (Å²) in [4.78, 5) is 11.9. The summed E-state index contributed by atoms with van der Waals surface area (Å²) < 4.78 is 16.2. The third-order valence-corrected chi connectivity index (χ3v) is 3.66. The van der Waals surface area contributed by atoms with Gasteiger partial charge in [-0.25, -0.2) is 0 Å². The molecule has 0 saturated carbocycles. The highest BCUT2D eigenvalue weighted by atomic mass is 16.5. The maximum Gasteiger partial charge on any atom is 0.163 e. The third-order valence-electron chi connectivity index (χ3n) is 3.66. The van der Waals surface area contributed by atoms with Crippen molar-refractivity contribution in [3.8, 4) is 17.2 Å². The molecule has 0 radical (unpaired) electrons. The molecule has 5 heteroatoms. The van der Waals surface area contributed by atoms with Gasteiger partial charge in [0.05, 0.1) is 38.3 Å². The van der Waals surface area contributed by atoms with E-state index in [1.807, 2.05) is 31.2 Å². The monoisotopic (exact) mass is 315 g/mol. The zero-order valence-electron chi connectivity index (χ0n) is 14.0. The summed E-state index contributed by atoms with van der Waals surface area (Å²) in [7, 11) is 4.73. The molecule has 1 N–H and O–H groups in total. The summed E-state index contributed by atoms with van der Waals surface area (Å²) in [5.41, 5.74) is 2.77. The lowest BCUT2D eigenvalue weighted by Crippen LogP contribution is -2.06. The number of benzene rings is 2. The maximum absolute atomic E-state index is 11.9. The van der Waals surface area contributed by atoms with Crippen molar-refractivity contribution in [3.05, 3.63) is 41.5 Å². The second-order valence-corrected chi connectivity index (χ2v) is 5.04. The van der Waals surface area contributed by atoms with Crippen LogP contribution < -0.4 is 19.5 Å².